The number of imidazole rings is 1. The van der Waals surface area contributed by atoms with Crippen molar-refractivity contribution in [1.82, 2.24) is 19.6 Å². The predicted octanol–water partition coefficient (Wildman–Crippen LogP) is 0.255. The summed E-state index contributed by atoms with van der Waals surface area (Å²) in [5.74, 6) is 0.493. The fourth-order valence-electron chi connectivity index (χ4n) is 2.35. The Hall–Kier alpha value is -1.41. The number of sulfonamides is 1. The van der Waals surface area contributed by atoms with Crippen LogP contribution in [0.5, 0.6) is 0 Å². The van der Waals surface area contributed by atoms with E-state index in [-0.39, 0.29) is 16.9 Å². The molecule has 1 aliphatic heterocycles. The number of nitrogens with one attached hydrogen (secondary N) is 2. The Bertz CT molecular complexity index is 573. The van der Waals surface area contributed by atoms with Crippen molar-refractivity contribution in [3.05, 3.63) is 12.0 Å². The number of aromatic amines is 1. The molecular formula is C12H20N4O3S. The molecule has 1 amide bonds. The molecule has 1 aromatic heterocycles. The first-order valence-corrected chi connectivity index (χ1v) is 8.18. The fourth-order valence-corrected chi connectivity index (χ4v) is 3.78. The van der Waals surface area contributed by atoms with Crippen molar-refractivity contribution >= 4 is 15.9 Å². The maximum Gasteiger partial charge on any atom is 0.260 e. The van der Waals surface area contributed by atoms with Gasteiger partial charge >= 0.3 is 0 Å². The molecule has 0 radical (unpaired) electrons. The summed E-state index contributed by atoms with van der Waals surface area (Å²) < 4.78 is 26.1. The minimum absolute atomic E-state index is 0.0157. The molecule has 1 saturated heterocycles. The van der Waals surface area contributed by atoms with Gasteiger partial charge in [-0.3, -0.25) is 4.79 Å². The number of piperidine rings is 1. The minimum atomic E-state index is -3.52. The number of rotatable bonds is 4. The average Bonchev–Trinajstić information content (AvgIpc) is 2.86. The first-order valence-electron chi connectivity index (χ1n) is 6.74. The van der Waals surface area contributed by atoms with E-state index in [1.807, 2.05) is 6.92 Å². The van der Waals surface area contributed by atoms with Crippen molar-refractivity contribution in [2.24, 2.45) is 5.92 Å². The summed E-state index contributed by atoms with van der Waals surface area (Å²) in [6, 6.07) is 0. The number of aryl methyl sites for hydroxylation is 1. The lowest BCUT2D eigenvalue weighted by molar-refractivity contribution is -0.126. The van der Waals surface area contributed by atoms with Gasteiger partial charge in [-0.15, -0.1) is 0 Å². The maximum atomic E-state index is 12.4. The van der Waals surface area contributed by atoms with E-state index >= 15 is 0 Å². The number of amides is 1. The molecule has 1 fully saturated rings. The van der Waals surface area contributed by atoms with Crippen LogP contribution in [-0.2, 0) is 14.8 Å². The molecule has 1 aliphatic rings. The van der Waals surface area contributed by atoms with Crippen LogP contribution in [0.25, 0.3) is 0 Å². The zero-order valence-electron chi connectivity index (χ0n) is 11.7. The van der Waals surface area contributed by atoms with E-state index in [4.69, 9.17) is 0 Å². The summed E-state index contributed by atoms with van der Waals surface area (Å²) in [6.45, 7) is 4.91. The van der Waals surface area contributed by atoms with Crippen LogP contribution in [0.3, 0.4) is 0 Å². The summed E-state index contributed by atoms with van der Waals surface area (Å²) in [5.41, 5.74) is 0. The molecule has 0 aliphatic carbocycles. The highest BCUT2D eigenvalue weighted by molar-refractivity contribution is 7.89. The van der Waals surface area contributed by atoms with Crippen LogP contribution in [0.2, 0.25) is 0 Å². The minimum Gasteiger partial charge on any atom is -0.356 e. The number of aromatic nitrogens is 2. The second-order valence-corrected chi connectivity index (χ2v) is 6.81. The molecule has 2 heterocycles. The van der Waals surface area contributed by atoms with Crippen LogP contribution in [0.15, 0.2) is 11.2 Å². The van der Waals surface area contributed by atoms with E-state index in [1.165, 1.54) is 10.5 Å². The van der Waals surface area contributed by atoms with E-state index in [2.05, 4.69) is 15.3 Å². The van der Waals surface area contributed by atoms with Crippen LogP contribution in [0.4, 0.5) is 0 Å². The van der Waals surface area contributed by atoms with Gasteiger partial charge in [-0.2, -0.15) is 4.31 Å². The maximum absolute atomic E-state index is 12.4. The van der Waals surface area contributed by atoms with Gasteiger partial charge in [-0.1, -0.05) is 0 Å². The number of carbonyl (C=O) groups is 1. The molecular weight excluding hydrogens is 280 g/mol. The van der Waals surface area contributed by atoms with E-state index in [0.29, 0.717) is 38.3 Å². The van der Waals surface area contributed by atoms with Crippen molar-refractivity contribution in [3.63, 3.8) is 0 Å². The molecule has 0 aromatic carbocycles. The highest BCUT2D eigenvalue weighted by atomic mass is 32.2. The van der Waals surface area contributed by atoms with Crippen LogP contribution >= 0.6 is 0 Å². The largest absolute Gasteiger partial charge is 0.356 e. The van der Waals surface area contributed by atoms with Crippen molar-refractivity contribution in [1.29, 1.82) is 0 Å². The molecule has 2 rings (SSSR count). The average molecular weight is 300 g/mol. The van der Waals surface area contributed by atoms with Gasteiger partial charge in [0.2, 0.25) is 5.91 Å². The van der Waals surface area contributed by atoms with E-state index in [9.17, 15) is 13.2 Å². The van der Waals surface area contributed by atoms with E-state index in [1.54, 1.807) is 6.92 Å². The second kappa shape index (κ2) is 5.92. The molecule has 1 aromatic rings. The third kappa shape index (κ3) is 3.01. The van der Waals surface area contributed by atoms with Gasteiger partial charge in [-0.25, -0.2) is 13.4 Å². The van der Waals surface area contributed by atoms with Gasteiger partial charge in [0.05, 0.1) is 6.20 Å². The van der Waals surface area contributed by atoms with Crippen LogP contribution < -0.4 is 5.32 Å². The number of H-pyrrole nitrogens is 1. The third-order valence-corrected chi connectivity index (χ3v) is 5.28. The summed E-state index contributed by atoms with van der Waals surface area (Å²) in [6.07, 6.45) is 2.44. The summed E-state index contributed by atoms with van der Waals surface area (Å²) in [5, 5.41) is 2.90. The Kier molecular flexibility index (Phi) is 4.44. The van der Waals surface area contributed by atoms with Gasteiger partial charge in [0.15, 0.2) is 5.03 Å². The SMILES string of the molecule is CCNC(=O)C1CCN(S(=O)(=O)c2cnc(C)[nH]2)CC1. The van der Waals surface area contributed by atoms with Crippen molar-refractivity contribution in [2.45, 2.75) is 31.7 Å². The first-order chi connectivity index (χ1) is 9.45. The van der Waals surface area contributed by atoms with Crippen LogP contribution in [-0.4, -0.2) is 48.2 Å². The Morgan fingerprint density at radius 1 is 1.50 bits per heavy atom. The lowest BCUT2D eigenvalue weighted by Crippen LogP contribution is -2.43. The fraction of sp³-hybridized carbons (Fsp3) is 0.667. The van der Waals surface area contributed by atoms with Gasteiger partial charge in [-0.05, 0) is 26.7 Å². The van der Waals surface area contributed by atoms with Crippen molar-refractivity contribution < 1.29 is 13.2 Å². The highest BCUT2D eigenvalue weighted by Crippen LogP contribution is 2.23. The number of hydrogen-bond acceptors (Lipinski definition) is 4. The molecule has 0 saturated carbocycles. The smallest absolute Gasteiger partial charge is 0.260 e. The predicted molar refractivity (Wildman–Crippen MR) is 73.5 cm³/mol. The lowest BCUT2D eigenvalue weighted by Gasteiger charge is -2.29. The van der Waals surface area contributed by atoms with Crippen LogP contribution in [0.1, 0.15) is 25.6 Å². The van der Waals surface area contributed by atoms with Gasteiger partial charge in [0, 0.05) is 25.6 Å². The quantitative estimate of drug-likeness (QED) is 0.833. The number of hydrogen-bond donors (Lipinski definition) is 2. The number of carbonyl (C=O) groups excluding carboxylic acids is 1. The van der Waals surface area contributed by atoms with Crippen LogP contribution in [0, 0.1) is 12.8 Å². The normalized spacial score (nSPS) is 18.1. The standard InChI is InChI=1S/C12H20N4O3S/c1-3-13-12(17)10-4-6-16(7-5-10)20(18,19)11-8-14-9(2)15-11/h8,10H,3-7H2,1-2H3,(H,13,17)(H,14,15). The van der Waals surface area contributed by atoms with Gasteiger partial charge in [0.25, 0.3) is 10.0 Å². The summed E-state index contributed by atoms with van der Waals surface area (Å²) in [7, 11) is -3.52. The third-order valence-electron chi connectivity index (χ3n) is 3.47. The molecule has 0 spiro atoms. The molecule has 0 bridgehead atoms. The zero-order chi connectivity index (χ0) is 14.8. The van der Waals surface area contributed by atoms with Crippen molar-refractivity contribution in [2.75, 3.05) is 19.6 Å². The Morgan fingerprint density at radius 2 is 2.15 bits per heavy atom. The van der Waals surface area contributed by atoms with E-state index < -0.39 is 10.0 Å². The monoisotopic (exact) mass is 300 g/mol. The highest BCUT2D eigenvalue weighted by Gasteiger charge is 2.32. The molecule has 2 N–H and O–H groups in total. The molecule has 112 valence electrons. The summed E-state index contributed by atoms with van der Waals surface area (Å²) >= 11 is 0. The Labute approximate surface area is 118 Å². The van der Waals surface area contributed by atoms with Gasteiger partial charge in [0.1, 0.15) is 5.82 Å². The molecule has 7 nitrogen and oxygen atoms in total. The first kappa shape index (κ1) is 15.0. The second-order valence-electron chi connectivity index (χ2n) is 4.91. The number of nitrogens with zero attached hydrogens (tertiary/aromatic N) is 2. The molecule has 0 atom stereocenters. The lowest BCUT2D eigenvalue weighted by atomic mass is 9.97. The topological polar surface area (TPSA) is 95.2 Å². The summed E-state index contributed by atoms with van der Waals surface area (Å²) in [4.78, 5) is 18.4. The molecule has 0 unspecified atom stereocenters. The Balaban J connectivity index is 2.02. The van der Waals surface area contributed by atoms with E-state index in [0.717, 1.165) is 0 Å². The van der Waals surface area contributed by atoms with Crippen molar-refractivity contribution in [3.8, 4) is 0 Å². The molecule has 8 heteroatoms. The molecule has 20 heavy (non-hydrogen) atoms. The zero-order valence-corrected chi connectivity index (χ0v) is 12.5. The van der Waals surface area contributed by atoms with Gasteiger partial charge < -0.3 is 10.3 Å². The Morgan fingerprint density at radius 3 is 2.65 bits per heavy atom.